The molecule has 0 bridgehead atoms. The van der Waals surface area contributed by atoms with Crippen molar-refractivity contribution in [3.05, 3.63) is 82.6 Å². The Morgan fingerprint density at radius 1 is 1.06 bits per heavy atom. The van der Waals surface area contributed by atoms with Crippen molar-refractivity contribution in [1.29, 1.82) is 0 Å². The van der Waals surface area contributed by atoms with Crippen LogP contribution in [0.25, 0.3) is 10.1 Å². The Bertz CT molecular complexity index is 1440. The fourth-order valence-corrected chi connectivity index (χ4v) is 4.45. The summed E-state index contributed by atoms with van der Waals surface area (Å²) in [6, 6.07) is 13.0. The van der Waals surface area contributed by atoms with Crippen LogP contribution in [0.1, 0.15) is 21.6 Å². The van der Waals surface area contributed by atoms with E-state index in [-0.39, 0.29) is 23.9 Å². The molecule has 7 nitrogen and oxygen atoms in total. The summed E-state index contributed by atoms with van der Waals surface area (Å²) in [7, 11) is 1.53. The average molecular weight is 535 g/mol. The number of thiophene rings is 1. The number of halogens is 4. The van der Waals surface area contributed by atoms with Gasteiger partial charge in [-0.05, 0) is 65.5 Å². The Kier molecular flexibility index (Phi) is 7.32. The predicted molar refractivity (Wildman–Crippen MR) is 133 cm³/mol. The monoisotopic (exact) mass is 534 g/mol. The quantitative estimate of drug-likeness (QED) is 0.261. The van der Waals surface area contributed by atoms with Crippen LogP contribution in [-0.2, 0) is 12.8 Å². The van der Waals surface area contributed by atoms with Crippen molar-refractivity contribution in [1.82, 2.24) is 10.3 Å². The first kappa shape index (κ1) is 25.3. The Hall–Kier alpha value is -3.83. The van der Waals surface area contributed by atoms with Gasteiger partial charge in [0.2, 0.25) is 0 Å². The summed E-state index contributed by atoms with van der Waals surface area (Å²) in [6.45, 7) is 0.220. The number of ether oxygens (including phenoxy) is 1. The number of nitrogens with one attached hydrogen (secondary N) is 3. The van der Waals surface area contributed by atoms with E-state index in [1.165, 1.54) is 30.6 Å². The van der Waals surface area contributed by atoms with Crippen LogP contribution in [-0.4, -0.2) is 24.0 Å². The lowest BCUT2D eigenvalue weighted by Crippen LogP contribution is -2.19. The molecule has 0 radical (unpaired) electrons. The van der Waals surface area contributed by atoms with Crippen molar-refractivity contribution >= 4 is 55.7 Å². The van der Waals surface area contributed by atoms with Crippen molar-refractivity contribution in [2.24, 2.45) is 0 Å². The van der Waals surface area contributed by atoms with E-state index in [0.29, 0.717) is 10.8 Å². The molecule has 4 aromatic rings. The Balaban J connectivity index is 1.41. The molecule has 0 saturated carbocycles. The van der Waals surface area contributed by atoms with E-state index in [0.717, 1.165) is 27.8 Å². The number of nitrogens with zero attached hydrogens (tertiary/aromatic N) is 1. The number of alkyl halides is 3. The number of carbonyl (C=O) groups excluding carboxylic acids is 2. The third-order valence-electron chi connectivity index (χ3n) is 4.95. The van der Waals surface area contributed by atoms with Gasteiger partial charge in [-0.1, -0.05) is 11.6 Å². The highest BCUT2D eigenvalue weighted by molar-refractivity contribution is 7.23. The largest absolute Gasteiger partial charge is 0.489 e. The second-order valence-corrected chi connectivity index (χ2v) is 8.99. The maximum Gasteiger partial charge on any atom is 0.417 e. The van der Waals surface area contributed by atoms with Gasteiger partial charge in [0.25, 0.3) is 5.91 Å². The van der Waals surface area contributed by atoms with Gasteiger partial charge in [0.1, 0.15) is 18.1 Å². The van der Waals surface area contributed by atoms with Crippen LogP contribution in [0, 0.1) is 0 Å². The van der Waals surface area contributed by atoms with Crippen LogP contribution in [0.5, 0.6) is 5.75 Å². The molecule has 12 heteroatoms. The molecule has 0 fully saturated rings. The van der Waals surface area contributed by atoms with Crippen molar-refractivity contribution in [2.45, 2.75) is 12.8 Å². The number of pyridine rings is 1. The fraction of sp³-hybridized carbons (Fsp3) is 0.125. The number of rotatable bonds is 6. The number of benzene rings is 2. The van der Waals surface area contributed by atoms with Gasteiger partial charge in [-0.2, -0.15) is 13.2 Å². The maximum atomic E-state index is 13.0. The smallest absolute Gasteiger partial charge is 0.417 e. The minimum absolute atomic E-state index is 0.0447. The first-order valence-electron chi connectivity index (χ1n) is 10.4. The van der Waals surface area contributed by atoms with E-state index < -0.39 is 22.8 Å². The lowest BCUT2D eigenvalue weighted by Gasteiger charge is -2.12. The Labute approximate surface area is 212 Å². The Morgan fingerprint density at radius 2 is 1.86 bits per heavy atom. The zero-order chi connectivity index (χ0) is 25.9. The number of aromatic nitrogens is 1. The number of amides is 3. The number of hydrogen-bond acceptors (Lipinski definition) is 5. The molecule has 0 saturated heterocycles. The molecule has 36 heavy (non-hydrogen) atoms. The molecule has 0 aliphatic rings. The standard InChI is InChI=1S/C24H18ClF3N4O3S/c1-29-22(33)19-8-13(6-7-30-19)12-35-16-4-2-14-9-21(36-20(14)11-16)32-23(34)31-15-3-5-18(25)17(10-15)24(26,27)28/h2-11H,12H2,1H3,(H,29,33)(H2,31,32,34). The van der Waals surface area contributed by atoms with Gasteiger partial charge >= 0.3 is 12.2 Å². The molecule has 4 rings (SSSR count). The molecule has 2 aromatic carbocycles. The SMILES string of the molecule is CNC(=O)c1cc(COc2ccc3cc(NC(=O)Nc4ccc(Cl)c(C(F)(F)F)c4)sc3c2)ccn1. The van der Waals surface area contributed by atoms with Gasteiger partial charge in [0.15, 0.2) is 0 Å². The minimum atomic E-state index is -4.64. The lowest BCUT2D eigenvalue weighted by molar-refractivity contribution is -0.137. The van der Waals surface area contributed by atoms with Crippen LogP contribution in [0.4, 0.5) is 28.7 Å². The molecule has 2 heterocycles. The number of hydrogen-bond donors (Lipinski definition) is 3. The summed E-state index contributed by atoms with van der Waals surface area (Å²) in [5, 5.41) is 8.41. The number of anilines is 2. The first-order valence-corrected chi connectivity index (χ1v) is 11.6. The molecule has 3 N–H and O–H groups in total. The van der Waals surface area contributed by atoms with Gasteiger partial charge in [-0.15, -0.1) is 11.3 Å². The second-order valence-electron chi connectivity index (χ2n) is 7.50. The zero-order valence-corrected chi connectivity index (χ0v) is 20.1. The highest BCUT2D eigenvalue weighted by atomic mass is 35.5. The maximum absolute atomic E-state index is 13.0. The molecule has 0 aliphatic carbocycles. The number of urea groups is 1. The van der Waals surface area contributed by atoms with Crippen LogP contribution in [0.2, 0.25) is 5.02 Å². The zero-order valence-electron chi connectivity index (χ0n) is 18.6. The van der Waals surface area contributed by atoms with Crippen molar-refractivity contribution in [3.8, 4) is 5.75 Å². The molecule has 186 valence electrons. The molecular formula is C24H18ClF3N4O3S. The molecule has 3 amide bonds. The van der Waals surface area contributed by atoms with Crippen molar-refractivity contribution in [3.63, 3.8) is 0 Å². The van der Waals surface area contributed by atoms with Gasteiger partial charge in [0, 0.05) is 23.6 Å². The summed E-state index contributed by atoms with van der Waals surface area (Å²) in [5.74, 6) is 0.289. The molecule has 0 aliphatic heterocycles. The van der Waals surface area contributed by atoms with Gasteiger partial charge in [0.05, 0.1) is 15.6 Å². The summed E-state index contributed by atoms with van der Waals surface area (Å²) in [5.41, 5.74) is -0.0241. The second kappa shape index (κ2) is 10.4. The van der Waals surface area contributed by atoms with Gasteiger partial charge in [-0.25, -0.2) is 4.79 Å². The summed E-state index contributed by atoms with van der Waals surface area (Å²) in [6.07, 6.45) is -3.11. The molecule has 0 spiro atoms. The highest BCUT2D eigenvalue weighted by Gasteiger charge is 2.33. The summed E-state index contributed by atoms with van der Waals surface area (Å²) < 4.78 is 45.8. The molecule has 2 aromatic heterocycles. The molecular weight excluding hydrogens is 517 g/mol. The number of fused-ring (bicyclic) bond motifs is 1. The van der Waals surface area contributed by atoms with E-state index in [2.05, 4.69) is 20.9 Å². The van der Waals surface area contributed by atoms with Crippen LogP contribution >= 0.6 is 22.9 Å². The minimum Gasteiger partial charge on any atom is -0.489 e. The van der Waals surface area contributed by atoms with Gasteiger partial charge < -0.3 is 15.4 Å². The summed E-state index contributed by atoms with van der Waals surface area (Å²) in [4.78, 5) is 28.1. The topological polar surface area (TPSA) is 92.4 Å². The van der Waals surface area contributed by atoms with E-state index >= 15 is 0 Å². The van der Waals surface area contributed by atoms with Crippen LogP contribution < -0.4 is 20.7 Å². The Morgan fingerprint density at radius 3 is 2.61 bits per heavy atom. The first-order chi connectivity index (χ1) is 17.1. The van der Waals surface area contributed by atoms with Crippen LogP contribution in [0.3, 0.4) is 0 Å². The lowest BCUT2D eigenvalue weighted by atomic mass is 10.2. The van der Waals surface area contributed by atoms with Gasteiger partial charge in [-0.3, -0.25) is 15.1 Å². The van der Waals surface area contributed by atoms with E-state index in [4.69, 9.17) is 16.3 Å². The summed E-state index contributed by atoms with van der Waals surface area (Å²) >= 11 is 6.89. The van der Waals surface area contributed by atoms with E-state index in [9.17, 15) is 22.8 Å². The van der Waals surface area contributed by atoms with Crippen LogP contribution in [0.15, 0.2) is 60.8 Å². The number of carbonyl (C=O) groups is 2. The van der Waals surface area contributed by atoms with Crippen molar-refractivity contribution in [2.75, 3.05) is 17.7 Å². The molecule has 0 unspecified atom stereocenters. The third kappa shape index (κ3) is 6.04. The predicted octanol–water partition coefficient (Wildman–Crippen LogP) is 6.55. The van der Waals surface area contributed by atoms with E-state index in [1.54, 1.807) is 30.3 Å². The fourth-order valence-electron chi connectivity index (χ4n) is 3.24. The van der Waals surface area contributed by atoms with Crippen molar-refractivity contribution < 1.29 is 27.5 Å². The third-order valence-corrected chi connectivity index (χ3v) is 6.29. The van der Waals surface area contributed by atoms with E-state index in [1.807, 2.05) is 6.07 Å². The highest BCUT2D eigenvalue weighted by Crippen LogP contribution is 2.36. The molecule has 0 atom stereocenters. The average Bonchev–Trinajstić information content (AvgIpc) is 3.24. The normalized spacial score (nSPS) is 11.2.